The van der Waals surface area contributed by atoms with E-state index in [4.69, 9.17) is 4.52 Å². The van der Waals surface area contributed by atoms with Crippen molar-refractivity contribution >= 4 is 22.7 Å². The first-order valence-electron chi connectivity index (χ1n) is 10.7. The Labute approximate surface area is 182 Å². The molecule has 1 aromatic heterocycles. The maximum Gasteiger partial charge on any atom is 0.317 e. The zero-order chi connectivity index (χ0) is 21.8. The number of carbonyl (C=O) groups is 2. The van der Waals surface area contributed by atoms with Crippen LogP contribution in [-0.4, -0.2) is 59.6 Å². The zero-order valence-corrected chi connectivity index (χ0v) is 18.1. The van der Waals surface area contributed by atoms with E-state index >= 15 is 0 Å². The van der Waals surface area contributed by atoms with E-state index in [-0.39, 0.29) is 11.9 Å². The number of rotatable bonds is 5. The third-order valence-corrected chi connectivity index (χ3v) is 5.98. The van der Waals surface area contributed by atoms with Gasteiger partial charge in [-0.15, -0.1) is 0 Å². The van der Waals surface area contributed by atoms with E-state index in [2.05, 4.69) is 40.8 Å². The quantitative estimate of drug-likeness (QED) is 0.688. The number of piperazine rings is 1. The summed E-state index contributed by atoms with van der Waals surface area (Å²) in [6.45, 7) is 6.40. The molecule has 0 bridgehead atoms. The highest BCUT2D eigenvalue weighted by Crippen LogP contribution is 2.19. The first kappa shape index (κ1) is 20.9. The van der Waals surface area contributed by atoms with E-state index < -0.39 is 0 Å². The van der Waals surface area contributed by atoms with Gasteiger partial charge in [0.1, 0.15) is 5.76 Å². The van der Waals surface area contributed by atoms with Crippen molar-refractivity contribution in [1.82, 2.24) is 20.3 Å². The van der Waals surface area contributed by atoms with Gasteiger partial charge >= 0.3 is 6.03 Å². The van der Waals surface area contributed by atoms with E-state index in [1.165, 1.54) is 16.3 Å². The number of nitrogens with zero attached hydrogens (tertiary/aromatic N) is 3. The van der Waals surface area contributed by atoms with Gasteiger partial charge in [0.15, 0.2) is 0 Å². The van der Waals surface area contributed by atoms with Crippen molar-refractivity contribution in [3.8, 4) is 0 Å². The minimum absolute atomic E-state index is 0.0467. The van der Waals surface area contributed by atoms with Gasteiger partial charge in [-0.25, -0.2) is 4.79 Å². The number of hydrogen-bond donors (Lipinski definition) is 1. The molecular formula is C24H28N4O3. The summed E-state index contributed by atoms with van der Waals surface area (Å²) >= 11 is 0. The Morgan fingerprint density at radius 1 is 1.00 bits per heavy atom. The molecule has 1 fully saturated rings. The van der Waals surface area contributed by atoms with Crippen LogP contribution in [0.5, 0.6) is 0 Å². The molecule has 0 atom stereocenters. The number of aryl methyl sites for hydroxylation is 2. The molecule has 2 heterocycles. The first-order valence-corrected chi connectivity index (χ1v) is 10.7. The SMILES string of the molecule is Cc1noc(C)c1CC(=O)N1CCN(C(=O)NCCc2cccc3ccccc23)CC1. The summed E-state index contributed by atoms with van der Waals surface area (Å²) in [6, 6.07) is 14.5. The maximum absolute atomic E-state index is 12.6. The molecule has 1 aliphatic heterocycles. The summed E-state index contributed by atoms with van der Waals surface area (Å²) in [5.74, 6) is 0.737. The molecule has 1 saturated heterocycles. The van der Waals surface area contributed by atoms with Crippen molar-refractivity contribution in [3.63, 3.8) is 0 Å². The number of fused-ring (bicyclic) bond motifs is 1. The van der Waals surface area contributed by atoms with Crippen molar-refractivity contribution in [2.45, 2.75) is 26.7 Å². The van der Waals surface area contributed by atoms with Gasteiger partial charge in [-0.3, -0.25) is 4.79 Å². The predicted molar refractivity (Wildman–Crippen MR) is 119 cm³/mol. The Morgan fingerprint density at radius 3 is 2.45 bits per heavy atom. The fraction of sp³-hybridized carbons (Fsp3) is 0.375. The van der Waals surface area contributed by atoms with Crippen LogP contribution in [0.1, 0.15) is 22.6 Å². The molecule has 0 spiro atoms. The average molecular weight is 421 g/mol. The molecular weight excluding hydrogens is 392 g/mol. The standard InChI is InChI=1S/C24H28N4O3/c1-17-22(18(2)31-26-17)16-23(29)27-12-14-28(15-13-27)24(30)25-11-10-20-8-5-7-19-6-3-4-9-21(19)20/h3-9H,10-16H2,1-2H3,(H,25,30). The Bertz CT molecular complexity index is 1060. The molecule has 0 aliphatic carbocycles. The number of amides is 3. The molecule has 3 amide bonds. The van der Waals surface area contributed by atoms with E-state index in [1.54, 1.807) is 4.90 Å². The number of urea groups is 1. The summed E-state index contributed by atoms with van der Waals surface area (Å²) in [5, 5.41) is 9.37. The Hall–Kier alpha value is -3.35. The third kappa shape index (κ3) is 4.71. The molecule has 7 nitrogen and oxygen atoms in total. The monoisotopic (exact) mass is 420 g/mol. The third-order valence-electron chi connectivity index (χ3n) is 5.98. The molecule has 7 heteroatoms. The van der Waals surface area contributed by atoms with Crippen molar-refractivity contribution in [1.29, 1.82) is 0 Å². The summed E-state index contributed by atoms with van der Waals surface area (Å²) < 4.78 is 5.14. The van der Waals surface area contributed by atoms with E-state index in [9.17, 15) is 9.59 Å². The molecule has 0 unspecified atom stereocenters. The topological polar surface area (TPSA) is 78.7 Å². The number of nitrogens with one attached hydrogen (secondary N) is 1. The van der Waals surface area contributed by atoms with Gasteiger partial charge in [0, 0.05) is 38.3 Å². The van der Waals surface area contributed by atoms with Gasteiger partial charge in [-0.2, -0.15) is 0 Å². The largest absolute Gasteiger partial charge is 0.361 e. The van der Waals surface area contributed by atoms with Crippen LogP contribution in [0.25, 0.3) is 10.8 Å². The van der Waals surface area contributed by atoms with Crippen LogP contribution in [0.3, 0.4) is 0 Å². The first-order chi connectivity index (χ1) is 15.0. The number of hydrogen-bond acceptors (Lipinski definition) is 4. The second kappa shape index (κ2) is 9.20. The lowest BCUT2D eigenvalue weighted by molar-refractivity contribution is -0.131. The van der Waals surface area contributed by atoms with Crippen LogP contribution >= 0.6 is 0 Å². The van der Waals surface area contributed by atoms with Crippen LogP contribution in [0, 0.1) is 13.8 Å². The molecule has 1 N–H and O–H groups in total. The van der Waals surface area contributed by atoms with Crippen LogP contribution in [0.15, 0.2) is 47.0 Å². The average Bonchev–Trinajstić information content (AvgIpc) is 3.11. The highest BCUT2D eigenvalue weighted by Gasteiger charge is 2.25. The van der Waals surface area contributed by atoms with Crippen LogP contribution in [0.4, 0.5) is 4.79 Å². The molecule has 2 aromatic carbocycles. The van der Waals surface area contributed by atoms with Crippen molar-refractivity contribution in [2.24, 2.45) is 0 Å². The predicted octanol–water partition coefficient (Wildman–Crippen LogP) is 3.08. The van der Waals surface area contributed by atoms with Crippen molar-refractivity contribution < 1.29 is 14.1 Å². The van der Waals surface area contributed by atoms with Gasteiger partial charge in [0.05, 0.1) is 12.1 Å². The molecule has 1 aliphatic rings. The lowest BCUT2D eigenvalue weighted by Gasteiger charge is -2.34. The van der Waals surface area contributed by atoms with Crippen LogP contribution < -0.4 is 5.32 Å². The normalized spacial score (nSPS) is 14.1. The summed E-state index contributed by atoms with van der Waals surface area (Å²) in [6.07, 6.45) is 1.07. The molecule has 162 valence electrons. The van der Waals surface area contributed by atoms with E-state index in [0.717, 1.165) is 17.7 Å². The molecule has 31 heavy (non-hydrogen) atoms. The number of carbonyl (C=O) groups excluding carboxylic acids is 2. The van der Waals surface area contributed by atoms with Crippen molar-refractivity contribution in [2.75, 3.05) is 32.7 Å². The Balaban J connectivity index is 1.24. The number of aromatic nitrogens is 1. The highest BCUT2D eigenvalue weighted by molar-refractivity contribution is 5.85. The zero-order valence-electron chi connectivity index (χ0n) is 18.1. The van der Waals surface area contributed by atoms with E-state index in [0.29, 0.717) is 44.9 Å². The molecule has 3 aromatic rings. The molecule has 0 saturated carbocycles. The second-order valence-corrected chi connectivity index (χ2v) is 7.97. The smallest absolute Gasteiger partial charge is 0.317 e. The van der Waals surface area contributed by atoms with Crippen molar-refractivity contribution in [3.05, 3.63) is 65.0 Å². The minimum Gasteiger partial charge on any atom is -0.361 e. The maximum atomic E-state index is 12.6. The number of benzene rings is 2. The summed E-state index contributed by atoms with van der Waals surface area (Å²) in [4.78, 5) is 28.8. The van der Waals surface area contributed by atoms with Gasteiger partial charge in [0.2, 0.25) is 5.91 Å². The van der Waals surface area contributed by atoms with Gasteiger partial charge in [-0.1, -0.05) is 47.6 Å². The highest BCUT2D eigenvalue weighted by atomic mass is 16.5. The molecule has 4 rings (SSSR count). The lowest BCUT2D eigenvalue weighted by Crippen LogP contribution is -2.53. The van der Waals surface area contributed by atoms with Gasteiger partial charge < -0.3 is 19.6 Å². The van der Waals surface area contributed by atoms with Gasteiger partial charge in [0.25, 0.3) is 0 Å². The fourth-order valence-electron chi connectivity index (χ4n) is 4.10. The Kier molecular flexibility index (Phi) is 6.21. The second-order valence-electron chi connectivity index (χ2n) is 7.97. The summed E-state index contributed by atoms with van der Waals surface area (Å²) in [5.41, 5.74) is 2.85. The lowest BCUT2D eigenvalue weighted by atomic mass is 10.0. The van der Waals surface area contributed by atoms with Gasteiger partial charge in [-0.05, 0) is 36.6 Å². The van der Waals surface area contributed by atoms with Crippen LogP contribution in [-0.2, 0) is 17.6 Å². The Morgan fingerprint density at radius 2 is 1.71 bits per heavy atom. The van der Waals surface area contributed by atoms with E-state index in [1.807, 2.05) is 30.9 Å². The molecule has 0 radical (unpaired) electrons. The van der Waals surface area contributed by atoms with Crippen LogP contribution in [0.2, 0.25) is 0 Å². The minimum atomic E-state index is -0.0712. The fourth-order valence-corrected chi connectivity index (χ4v) is 4.10. The summed E-state index contributed by atoms with van der Waals surface area (Å²) in [7, 11) is 0.